The summed E-state index contributed by atoms with van der Waals surface area (Å²) in [5, 5.41) is 15.0. The molecule has 1 aromatic carbocycles. The molecule has 1 unspecified atom stereocenters. The molecule has 2 rings (SSSR count). The van der Waals surface area contributed by atoms with Gasteiger partial charge in [-0.05, 0) is 25.0 Å². The van der Waals surface area contributed by atoms with Crippen LogP contribution in [0.2, 0.25) is 5.02 Å². The molecule has 0 aromatic heterocycles. The van der Waals surface area contributed by atoms with Gasteiger partial charge in [-0.1, -0.05) is 11.6 Å². The first kappa shape index (κ1) is 13.5. The molecule has 5 N–H and O–H groups in total. The fourth-order valence-corrected chi connectivity index (χ4v) is 2.31. The van der Waals surface area contributed by atoms with Gasteiger partial charge in [0, 0.05) is 12.2 Å². The van der Waals surface area contributed by atoms with E-state index in [9.17, 15) is 9.59 Å². The predicted molar refractivity (Wildman–Crippen MR) is 72.5 cm³/mol. The summed E-state index contributed by atoms with van der Waals surface area (Å²) in [5.41, 5.74) is 6.03. The molecule has 1 heterocycles. The maximum atomic E-state index is 11.7. The second-order valence-electron chi connectivity index (χ2n) is 4.36. The Kier molecular flexibility index (Phi) is 3.80. The molecule has 7 heteroatoms. The highest BCUT2D eigenvalue weighted by atomic mass is 35.5. The summed E-state index contributed by atoms with van der Waals surface area (Å²) in [6.45, 7) is 0.637. The number of nitrogens with two attached hydrogens (primary N) is 1. The number of carbonyl (C=O) groups excluding carboxylic acids is 1. The van der Waals surface area contributed by atoms with Gasteiger partial charge < -0.3 is 21.5 Å². The van der Waals surface area contributed by atoms with Crippen LogP contribution in [0.4, 0.5) is 11.4 Å². The Morgan fingerprint density at radius 3 is 2.89 bits per heavy atom. The number of halogens is 1. The Morgan fingerprint density at radius 1 is 1.53 bits per heavy atom. The van der Waals surface area contributed by atoms with E-state index in [1.807, 2.05) is 0 Å². The highest BCUT2D eigenvalue weighted by Gasteiger charge is 2.25. The van der Waals surface area contributed by atoms with Gasteiger partial charge in [0.25, 0.3) is 0 Å². The topological polar surface area (TPSA) is 104 Å². The third-order valence-electron chi connectivity index (χ3n) is 2.95. The number of nitrogens with one attached hydrogen (secondary N) is 2. The van der Waals surface area contributed by atoms with Gasteiger partial charge in [0.2, 0.25) is 5.91 Å². The first-order valence-electron chi connectivity index (χ1n) is 5.85. The lowest BCUT2D eigenvalue weighted by Gasteiger charge is -2.25. The number of anilines is 2. The second-order valence-corrected chi connectivity index (χ2v) is 4.77. The summed E-state index contributed by atoms with van der Waals surface area (Å²) in [4.78, 5) is 22.9. The SMILES string of the molecule is Nc1cc(Cl)c(NC2CCCNC2=O)c(C(=O)O)c1. The molecule has 0 aliphatic carbocycles. The van der Waals surface area contributed by atoms with E-state index in [1.165, 1.54) is 12.1 Å². The lowest BCUT2D eigenvalue weighted by Crippen LogP contribution is -2.44. The van der Waals surface area contributed by atoms with Crippen LogP contribution < -0.4 is 16.4 Å². The molecular formula is C12H14ClN3O3. The summed E-state index contributed by atoms with van der Waals surface area (Å²) < 4.78 is 0. The maximum absolute atomic E-state index is 11.7. The number of aromatic carboxylic acids is 1. The Morgan fingerprint density at radius 2 is 2.26 bits per heavy atom. The zero-order chi connectivity index (χ0) is 14.0. The number of amides is 1. The van der Waals surface area contributed by atoms with Gasteiger partial charge in [0.05, 0.1) is 16.3 Å². The third-order valence-corrected chi connectivity index (χ3v) is 3.24. The van der Waals surface area contributed by atoms with Crippen LogP contribution in [0.1, 0.15) is 23.2 Å². The Bertz CT molecular complexity index is 533. The molecule has 0 bridgehead atoms. The van der Waals surface area contributed by atoms with E-state index in [4.69, 9.17) is 22.4 Å². The number of rotatable bonds is 3. The molecule has 19 heavy (non-hydrogen) atoms. The van der Waals surface area contributed by atoms with E-state index in [0.717, 1.165) is 6.42 Å². The quantitative estimate of drug-likeness (QED) is 0.626. The van der Waals surface area contributed by atoms with Gasteiger partial charge >= 0.3 is 5.97 Å². The summed E-state index contributed by atoms with van der Waals surface area (Å²) in [5.74, 6) is -1.30. The minimum absolute atomic E-state index is 0.0385. The third kappa shape index (κ3) is 2.90. The molecule has 1 aromatic rings. The van der Waals surface area contributed by atoms with E-state index >= 15 is 0 Å². The number of carbonyl (C=O) groups is 2. The number of carboxylic acids is 1. The molecule has 1 atom stereocenters. The minimum Gasteiger partial charge on any atom is -0.478 e. The number of hydrogen-bond acceptors (Lipinski definition) is 4. The molecule has 1 aliphatic heterocycles. The first-order valence-corrected chi connectivity index (χ1v) is 6.23. The van der Waals surface area contributed by atoms with Crippen molar-refractivity contribution in [3.05, 3.63) is 22.7 Å². The molecule has 1 fully saturated rings. The van der Waals surface area contributed by atoms with Crippen molar-refractivity contribution in [1.29, 1.82) is 0 Å². The number of carboxylic acid groups (broad SMARTS) is 1. The van der Waals surface area contributed by atoms with E-state index in [-0.39, 0.29) is 27.9 Å². The van der Waals surface area contributed by atoms with Gasteiger partial charge in [-0.2, -0.15) is 0 Å². The molecule has 102 valence electrons. The average molecular weight is 284 g/mol. The standard InChI is InChI=1S/C12H14ClN3O3/c13-8-5-6(14)4-7(12(18)19)10(8)16-9-2-1-3-15-11(9)17/h4-5,9,16H,1-3,14H2,(H,15,17)(H,18,19). The highest BCUT2D eigenvalue weighted by Crippen LogP contribution is 2.30. The van der Waals surface area contributed by atoms with Gasteiger partial charge in [-0.25, -0.2) is 4.79 Å². The largest absolute Gasteiger partial charge is 0.478 e. The van der Waals surface area contributed by atoms with E-state index < -0.39 is 12.0 Å². The summed E-state index contributed by atoms with van der Waals surface area (Å²) in [6, 6.07) is 2.29. The molecule has 1 aliphatic rings. The van der Waals surface area contributed by atoms with Crippen molar-refractivity contribution in [3.8, 4) is 0 Å². The van der Waals surface area contributed by atoms with Gasteiger partial charge in [0.1, 0.15) is 6.04 Å². The summed E-state index contributed by atoms with van der Waals surface area (Å²) in [7, 11) is 0. The van der Waals surface area contributed by atoms with Gasteiger partial charge in [-0.15, -0.1) is 0 Å². The molecule has 0 spiro atoms. The van der Waals surface area contributed by atoms with Gasteiger partial charge in [-0.3, -0.25) is 4.79 Å². The zero-order valence-electron chi connectivity index (χ0n) is 10.1. The van der Waals surface area contributed by atoms with Crippen molar-refractivity contribution in [3.63, 3.8) is 0 Å². The van der Waals surface area contributed by atoms with Gasteiger partial charge in [0.15, 0.2) is 0 Å². The Hall–Kier alpha value is -1.95. The Balaban J connectivity index is 2.33. The number of nitrogen functional groups attached to an aromatic ring is 1. The monoisotopic (exact) mass is 283 g/mol. The summed E-state index contributed by atoms with van der Waals surface area (Å²) in [6.07, 6.45) is 1.46. The maximum Gasteiger partial charge on any atom is 0.337 e. The molecular weight excluding hydrogens is 270 g/mol. The molecule has 1 saturated heterocycles. The van der Waals surface area contributed by atoms with Crippen LogP contribution in [0.5, 0.6) is 0 Å². The molecule has 6 nitrogen and oxygen atoms in total. The van der Waals surface area contributed by atoms with Crippen molar-refractivity contribution < 1.29 is 14.7 Å². The predicted octanol–water partition coefficient (Wildman–Crippen LogP) is 1.31. The number of hydrogen-bond donors (Lipinski definition) is 4. The van der Waals surface area contributed by atoms with Crippen LogP contribution in [0.15, 0.2) is 12.1 Å². The first-order chi connectivity index (χ1) is 8.99. The van der Waals surface area contributed by atoms with Crippen LogP contribution in [0, 0.1) is 0 Å². The molecule has 0 saturated carbocycles. The van der Waals surface area contributed by atoms with Crippen LogP contribution in [0.3, 0.4) is 0 Å². The number of benzene rings is 1. The van der Waals surface area contributed by atoms with E-state index in [1.54, 1.807) is 0 Å². The van der Waals surface area contributed by atoms with Crippen LogP contribution in [0.25, 0.3) is 0 Å². The number of piperidine rings is 1. The zero-order valence-corrected chi connectivity index (χ0v) is 10.8. The fourth-order valence-electron chi connectivity index (χ4n) is 2.03. The normalized spacial score (nSPS) is 18.8. The lowest BCUT2D eigenvalue weighted by atomic mass is 10.0. The highest BCUT2D eigenvalue weighted by molar-refractivity contribution is 6.34. The van der Waals surface area contributed by atoms with Crippen LogP contribution in [-0.4, -0.2) is 29.6 Å². The smallest absolute Gasteiger partial charge is 0.337 e. The van der Waals surface area contributed by atoms with Crippen molar-refractivity contribution >= 4 is 34.9 Å². The molecule has 0 radical (unpaired) electrons. The van der Waals surface area contributed by atoms with E-state index in [2.05, 4.69) is 10.6 Å². The lowest BCUT2D eigenvalue weighted by molar-refractivity contribution is -0.123. The minimum atomic E-state index is -1.15. The van der Waals surface area contributed by atoms with Crippen molar-refractivity contribution in [2.45, 2.75) is 18.9 Å². The fraction of sp³-hybridized carbons (Fsp3) is 0.333. The van der Waals surface area contributed by atoms with E-state index in [0.29, 0.717) is 13.0 Å². The second kappa shape index (κ2) is 5.36. The van der Waals surface area contributed by atoms with Crippen molar-refractivity contribution in [2.24, 2.45) is 0 Å². The molecule has 1 amide bonds. The van der Waals surface area contributed by atoms with Crippen LogP contribution >= 0.6 is 11.6 Å². The average Bonchev–Trinajstić information content (AvgIpc) is 2.34. The Labute approximate surface area is 114 Å². The summed E-state index contributed by atoms with van der Waals surface area (Å²) >= 11 is 6.01. The van der Waals surface area contributed by atoms with Crippen molar-refractivity contribution in [1.82, 2.24) is 5.32 Å². The van der Waals surface area contributed by atoms with Crippen LogP contribution in [-0.2, 0) is 4.79 Å². The van der Waals surface area contributed by atoms with Crippen molar-refractivity contribution in [2.75, 3.05) is 17.6 Å².